The zero-order chi connectivity index (χ0) is 29.4. The Bertz CT molecular complexity index is 1060. The first-order valence-electron chi connectivity index (χ1n) is 14.5. The monoisotopic (exact) mass is 584 g/mol. The second kappa shape index (κ2) is 14.8. The first-order chi connectivity index (χ1) is 18.2. The van der Waals surface area contributed by atoms with Gasteiger partial charge in [-0.05, 0) is 94.1 Å². The number of hydrogen-bond donors (Lipinski definition) is 4. The quantitative estimate of drug-likeness (QED) is 0.144. The molecule has 0 fully saturated rings. The molecule has 0 radical (unpaired) electrons. The van der Waals surface area contributed by atoms with Crippen LogP contribution in [0.25, 0.3) is 0 Å². The lowest BCUT2D eigenvalue weighted by molar-refractivity contribution is 0.115. The Kier molecular flexibility index (Phi) is 12.8. The van der Waals surface area contributed by atoms with Gasteiger partial charge in [0.2, 0.25) is 11.8 Å². The molecule has 0 aliphatic carbocycles. The van der Waals surface area contributed by atoms with Crippen molar-refractivity contribution in [3.63, 3.8) is 0 Å². The molecule has 39 heavy (non-hydrogen) atoms. The van der Waals surface area contributed by atoms with Crippen LogP contribution in [0.3, 0.4) is 0 Å². The number of aryl methyl sites for hydroxylation is 2. The third-order valence-electron chi connectivity index (χ3n) is 7.76. The van der Waals surface area contributed by atoms with E-state index in [4.69, 9.17) is 24.4 Å². The van der Waals surface area contributed by atoms with Crippen LogP contribution in [0.4, 0.5) is 0 Å². The minimum Gasteiger partial charge on any atom is -0.493 e. The summed E-state index contributed by atoms with van der Waals surface area (Å²) in [5.74, 6) is 0.403. The second-order valence-electron chi connectivity index (χ2n) is 12.6. The van der Waals surface area contributed by atoms with Gasteiger partial charge in [0.1, 0.15) is 0 Å². The highest BCUT2D eigenvalue weighted by molar-refractivity contribution is 7.71. The third kappa shape index (κ3) is 10.4. The highest BCUT2D eigenvalue weighted by Gasteiger charge is 2.23. The van der Waals surface area contributed by atoms with Crippen LogP contribution in [0.15, 0.2) is 12.4 Å². The molecule has 0 saturated heterocycles. The van der Waals surface area contributed by atoms with Crippen molar-refractivity contribution in [2.75, 3.05) is 0 Å². The summed E-state index contributed by atoms with van der Waals surface area (Å²) in [4.78, 5) is 0. The molecular weight excluding hydrogens is 532 g/mol. The summed E-state index contributed by atoms with van der Waals surface area (Å²) in [6, 6.07) is 0. The van der Waals surface area contributed by atoms with Gasteiger partial charge in [-0.3, -0.25) is 9.13 Å². The number of rotatable bonds is 18. The Labute approximate surface area is 244 Å². The molecule has 2 heterocycles. The van der Waals surface area contributed by atoms with E-state index in [1.807, 2.05) is 23.0 Å². The highest BCUT2D eigenvalue weighted by Crippen LogP contribution is 2.30. The van der Waals surface area contributed by atoms with E-state index < -0.39 is 0 Å². The van der Waals surface area contributed by atoms with Crippen molar-refractivity contribution in [3.05, 3.63) is 21.9 Å². The van der Waals surface area contributed by atoms with Crippen LogP contribution in [-0.2, 0) is 26.2 Å². The minimum atomic E-state index is -0.364. The Hall–Kier alpha value is -1.62. The van der Waals surface area contributed by atoms with Crippen molar-refractivity contribution in [3.8, 4) is 11.8 Å². The lowest BCUT2D eigenvalue weighted by Gasteiger charge is -2.26. The molecule has 2 aromatic heterocycles. The molecule has 0 saturated carbocycles. The maximum absolute atomic E-state index is 10.5. The smallest absolute Gasteiger partial charge is 0.210 e. The fraction of sp³-hybridized carbons (Fsp3) is 0.793. The van der Waals surface area contributed by atoms with Crippen LogP contribution in [0, 0.1) is 20.4 Å². The summed E-state index contributed by atoms with van der Waals surface area (Å²) in [5, 5.41) is 41.4. The maximum Gasteiger partial charge on any atom is 0.210 e. The van der Waals surface area contributed by atoms with E-state index in [9.17, 15) is 20.4 Å². The van der Waals surface area contributed by atoms with Crippen LogP contribution in [-0.4, -0.2) is 50.9 Å². The molecule has 10 heteroatoms. The van der Waals surface area contributed by atoms with Crippen LogP contribution in [0.2, 0.25) is 0 Å². The van der Waals surface area contributed by atoms with E-state index in [1.165, 1.54) is 0 Å². The molecule has 2 rings (SSSR count). The van der Waals surface area contributed by atoms with Gasteiger partial charge < -0.3 is 29.6 Å². The van der Waals surface area contributed by atoms with E-state index in [-0.39, 0.29) is 34.8 Å². The molecule has 2 atom stereocenters. The second-order valence-corrected chi connectivity index (χ2v) is 13.4. The normalized spacial score (nSPS) is 14.2. The maximum atomic E-state index is 10.5. The van der Waals surface area contributed by atoms with Gasteiger partial charge in [-0.15, -0.1) is 0 Å². The minimum absolute atomic E-state index is 0.0522. The van der Waals surface area contributed by atoms with E-state index in [0.29, 0.717) is 35.5 Å². The van der Waals surface area contributed by atoms with Gasteiger partial charge in [0.05, 0.1) is 24.6 Å². The zero-order valence-corrected chi connectivity index (χ0v) is 26.5. The molecule has 2 unspecified atom stereocenters. The van der Waals surface area contributed by atoms with E-state index in [0.717, 1.165) is 58.0 Å². The summed E-state index contributed by atoms with van der Waals surface area (Å²) in [7, 11) is 0. The predicted molar refractivity (Wildman–Crippen MR) is 162 cm³/mol. The molecular formula is C29H52N4O4S2. The van der Waals surface area contributed by atoms with Crippen molar-refractivity contribution in [2.45, 2.75) is 138 Å². The first-order valence-corrected chi connectivity index (χ1v) is 15.4. The van der Waals surface area contributed by atoms with Gasteiger partial charge in [0, 0.05) is 26.2 Å². The SMILES string of the molecule is CCn1cc(O)n(CC(C)(C)CCCC(O)CCCC(O)CCCC(C)(C)Cn2c(O)cn(CC)c2=S)c1=S. The molecule has 0 bridgehead atoms. The van der Waals surface area contributed by atoms with E-state index >= 15 is 0 Å². The summed E-state index contributed by atoms with van der Waals surface area (Å²) in [6.45, 7) is 15.4. The van der Waals surface area contributed by atoms with Gasteiger partial charge in [0.25, 0.3) is 0 Å². The van der Waals surface area contributed by atoms with Crippen molar-refractivity contribution in [2.24, 2.45) is 10.8 Å². The molecule has 0 spiro atoms. The van der Waals surface area contributed by atoms with E-state index in [2.05, 4.69) is 27.7 Å². The van der Waals surface area contributed by atoms with Gasteiger partial charge >= 0.3 is 0 Å². The fourth-order valence-electron chi connectivity index (χ4n) is 5.31. The van der Waals surface area contributed by atoms with Crippen LogP contribution < -0.4 is 0 Å². The number of imidazole rings is 2. The third-order valence-corrected chi connectivity index (χ3v) is 8.67. The van der Waals surface area contributed by atoms with Crippen LogP contribution in [0.1, 0.15) is 99.3 Å². The largest absolute Gasteiger partial charge is 0.493 e. The average Bonchev–Trinajstić information content (AvgIpc) is 3.27. The summed E-state index contributed by atoms with van der Waals surface area (Å²) in [5.41, 5.74) is -0.104. The first kappa shape index (κ1) is 33.6. The van der Waals surface area contributed by atoms with Gasteiger partial charge in [-0.1, -0.05) is 40.5 Å². The van der Waals surface area contributed by atoms with Crippen LogP contribution in [0.5, 0.6) is 11.8 Å². The van der Waals surface area contributed by atoms with E-state index in [1.54, 1.807) is 21.5 Å². The zero-order valence-electron chi connectivity index (χ0n) is 24.9. The summed E-state index contributed by atoms with van der Waals surface area (Å²) < 4.78 is 8.60. The molecule has 8 nitrogen and oxygen atoms in total. The number of hydrogen-bond acceptors (Lipinski definition) is 6. The number of aromatic hydroxyl groups is 2. The lowest BCUT2D eigenvalue weighted by atomic mass is 9.86. The Morgan fingerprint density at radius 3 is 1.31 bits per heavy atom. The predicted octanol–water partition coefficient (Wildman–Crippen LogP) is 6.79. The summed E-state index contributed by atoms with van der Waals surface area (Å²) in [6.07, 6.45) is 9.94. The molecule has 0 aliphatic rings. The van der Waals surface area contributed by atoms with Gasteiger partial charge in [0.15, 0.2) is 9.54 Å². The molecule has 0 aromatic carbocycles. The number of aliphatic hydroxyl groups is 2. The molecule has 4 N–H and O–H groups in total. The Morgan fingerprint density at radius 1 is 0.667 bits per heavy atom. The lowest BCUT2D eigenvalue weighted by Crippen LogP contribution is -2.21. The van der Waals surface area contributed by atoms with Gasteiger partial charge in [-0.2, -0.15) is 0 Å². The molecule has 224 valence electrons. The Morgan fingerprint density at radius 2 is 1.00 bits per heavy atom. The van der Waals surface area contributed by atoms with Crippen molar-refractivity contribution in [1.29, 1.82) is 0 Å². The molecule has 0 aliphatic heterocycles. The van der Waals surface area contributed by atoms with Crippen molar-refractivity contribution >= 4 is 24.4 Å². The molecule has 0 amide bonds. The number of aromatic nitrogens is 4. The van der Waals surface area contributed by atoms with Crippen molar-refractivity contribution in [1.82, 2.24) is 18.3 Å². The molecule has 2 aromatic rings. The van der Waals surface area contributed by atoms with Crippen molar-refractivity contribution < 1.29 is 20.4 Å². The standard InChI is InChI=1S/C29H52N4O4S2/c1-7-30-18-24(36)32(26(30)38)20-28(3,4)16-10-14-22(34)12-9-13-23(35)15-11-17-29(5,6)21-33-25(37)19-31(8-2)27(33)39/h18-19,22-23,34-37H,7-17,20-21H2,1-6H3. The highest BCUT2D eigenvalue weighted by atomic mass is 32.1. The van der Waals surface area contributed by atoms with Crippen LogP contribution >= 0.6 is 24.4 Å². The fourth-order valence-corrected chi connectivity index (χ4v) is 5.99. The topological polar surface area (TPSA) is 101 Å². The average molecular weight is 585 g/mol. The number of aliphatic hydroxyl groups excluding tert-OH is 2. The van der Waals surface area contributed by atoms with Gasteiger partial charge in [-0.25, -0.2) is 0 Å². The number of nitrogens with zero attached hydrogens (tertiary/aromatic N) is 4. The Balaban J connectivity index is 1.65. The summed E-state index contributed by atoms with van der Waals surface area (Å²) >= 11 is 11.0.